The molecule has 0 saturated carbocycles. The fraction of sp³-hybridized carbons (Fsp3) is 0.321. The Balaban J connectivity index is 1.64. The molecule has 0 spiro atoms. The van der Waals surface area contributed by atoms with Gasteiger partial charge in [-0.05, 0) is 34.7 Å². The topological polar surface area (TPSA) is 190 Å². The SMILES string of the molecule is COC(=O)N[C@H](C(=O)OCOC(=O)[C@H](O)CN(Cc1ccc(-c2cccc(Cl)c2)cc1)NC(=O)c1cc(=O)[nH]o1)C(C)C. The lowest BCUT2D eigenvalue weighted by molar-refractivity contribution is -0.175. The van der Waals surface area contributed by atoms with Crippen LogP contribution in [0.5, 0.6) is 0 Å². The third-order valence-corrected chi connectivity index (χ3v) is 6.17. The number of carbonyl (C=O) groups is 4. The number of hydrogen-bond acceptors (Lipinski definition) is 11. The predicted molar refractivity (Wildman–Crippen MR) is 151 cm³/mol. The number of aliphatic hydroxyl groups excluding tert-OH is 1. The van der Waals surface area contributed by atoms with Crippen LogP contribution in [0.4, 0.5) is 4.79 Å². The first-order chi connectivity index (χ1) is 20.5. The highest BCUT2D eigenvalue weighted by atomic mass is 35.5. The van der Waals surface area contributed by atoms with Gasteiger partial charge in [-0.15, -0.1) is 0 Å². The van der Waals surface area contributed by atoms with Gasteiger partial charge in [0.25, 0.3) is 5.56 Å². The minimum absolute atomic E-state index is 0.0187. The molecule has 1 heterocycles. The average Bonchev–Trinajstić information content (AvgIpc) is 3.42. The van der Waals surface area contributed by atoms with Crippen molar-refractivity contribution in [3.63, 3.8) is 0 Å². The van der Waals surface area contributed by atoms with E-state index in [0.29, 0.717) is 10.6 Å². The zero-order valence-corrected chi connectivity index (χ0v) is 24.3. The van der Waals surface area contributed by atoms with Crippen molar-refractivity contribution >= 4 is 35.5 Å². The van der Waals surface area contributed by atoms with Crippen LogP contribution in [0.1, 0.15) is 30.0 Å². The van der Waals surface area contributed by atoms with Gasteiger partial charge in [-0.25, -0.2) is 19.4 Å². The number of aromatic amines is 1. The van der Waals surface area contributed by atoms with Gasteiger partial charge < -0.3 is 29.2 Å². The number of carbonyl (C=O) groups excluding carboxylic acids is 4. The van der Waals surface area contributed by atoms with E-state index in [1.807, 2.05) is 35.5 Å². The Labute approximate surface area is 250 Å². The molecular weight excluding hydrogens is 588 g/mol. The molecule has 0 bridgehead atoms. The summed E-state index contributed by atoms with van der Waals surface area (Å²) in [5.41, 5.74) is 4.32. The van der Waals surface area contributed by atoms with Gasteiger partial charge in [0.1, 0.15) is 6.04 Å². The van der Waals surface area contributed by atoms with Gasteiger partial charge in [-0.3, -0.25) is 15.0 Å². The molecule has 2 atom stereocenters. The molecule has 4 N–H and O–H groups in total. The summed E-state index contributed by atoms with van der Waals surface area (Å²) in [5, 5.41) is 16.6. The second-order valence-electron chi connectivity index (χ2n) is 9.52. The lowest BCUT2D eigenvalue weighted by Gasteiger charge is -2.25. The molecule has 15 heteroatoms. The van der Waals surface area contributed by atoms with Crippen LogP contribution >= 0.6 is 11.6 Å². The molecule has 0 radical (unpaired) electrons. The fourth-order valence-corrected chi connectivity index (χ4v) is 3.92. The van der Waals surface area contributed by atoms with Crippen LogP contribution < -0.4 is 16.3 Å². The maximum absolute atomic E-state index is 12.6. The van der Waals surface area contributed by atoms with Crippen molar-refractivity contribution in [3.8, 4) is 11.1 Å². The van der Waals surface area contributed by atoms with Crippen molar-refractivity contribution in [1.29, 1.82) is 0 Å². The number of nitrogens with zero attached hydrogens (tertiary/aromatic N) is 1. The van der Waals surface area contributed by atoms with Crippen LogP contribution in [0, 0.1) is 5.92 Å². The summed E-state index contributed by atoms with van der Waals surface area (Å²) in [6, 6.07) is 14.4. The number of esters is 2. The lowest BCUT2D eigenvalue weighted by atomic mass is 10.0. The molecule has 0 aliphatic rings. The van der Waals surface area contributed by atoms with Crippen molar-refractivity contribution in [2.24, 2.45) is 5.92 Å². The number of hydrazine groups is 1. The van der Waals surface area contributed by atoms with E-state index in [1.165, 1.54) is 5.01 Å². The Morgan fingerprint density at radius 3 is 2.33 bits per heavy atom. The third kappa shape index (κ3) is 9.99. The monoisotopic (exact) mass is 618 g/mol. The molecule has 2 aromatic carbocycles. The molecule has 3 aromatic rings. The summed E-state index contributed by atoms with van der Waals surface area (Å²) in [7, 11) is 1.14. The van der Waals surface area contributed by atoms with E-state index in [9.17, 15) is 29.1 Å². The first kappa shape index (κ1) is 32.8. The number of H-pyrrole nitrogens is 1. The number of nitrogens with one attached hydrogen (secondary N) is 3. The second-order valence-corrected chi connectivity index (χ2v) is 9.96. The standard InChI is InChI=1S/C28H31ClN4O10/c1-16(2)24(30-28(39)40-3)27(38)42-15-41-26(37)21(34)14-33(31-25(36)22-12-23(35)32-43-22)13-17-7-9-18(10-8-17)19-5-4-6-20(29)11-19/h4-12,16,21,24,34H,13-15H2,1-3H3,(H,30,39)(H,31,36)(H,32,35)/t21-,24+/m1/s1. The molecule has 2 amide bonds. The number of amides is 2. The van der Waals surface area contributed by atoms with Crippen LogP contribution in [0.2, 0.25) is 5.02 Å². The summed E-state index contributed by atoms with van der Waals surface area (Å²) in [4.78, 5) is 60.3. The highest BCUT2D eigenvalue weighted by molar-refractivity contribution is 6.30. The van der Waals surface area contributed by atoms with Gasteiger partial charge in [0, 0.05) is 11.6 Å². The fourth-order valence-electron chi connectivity index (χ4n) is 3.73. The maximum atomic E-state index is 12.6. The molecule has 14 nitrogen and oxygen atoms in total. The van der Waals surface area contributed by atoms with Gasteiger partial charge in [-0.2, -0.15) is 5.16 Å². The molecule has 1 aromatic heterocycles. The first-order valence-electron chi connectivity index (χ1n) is 12.9. The van der Waals surface area contributed by atoms with Crippen molar-refractivity contribution < 1.29 is 43.0 Å². The van der Waals surface area contributed by atoms with Crippen LogP contribution in [0.15, 0.2) is 63.9 Å². The van der Waals surface area contributed by atoms with E-state index in [1.54, 1.807) is 32.0 Å². The first-order valence-corrected chi connectivity index (χ1v) is 13.3. The van der Waals surface area contributed by atoms with Crippen molar-refractivity contribution in [1.82, 2.24) is 20.9 Å². The zero-order valence-electron chi connectivity index (χ0n) is 23.5. The maximum Gasteiger partial charge on any atom is 0.407 e. The molecule has 0 unspecified atom stereocenters. The number of aliphatic hydroxyl groups is 1. The van der Waals surface area contributed by atoms with Gasteiger partial charge in [0.15, 0.2) is 6.10 Å². The Morgan fingerprint density at radius 1 is 1.02 bits per heavy atom. The normalized spacial score (nSPS) is 12.3. The van der Waals surface area contributed by atoms with Gasteiger partial charge in [0.2, 0.25) is 12.6 Å². The molecule has 0 fully saturated rings. The van der Waals surface area contributed by atoms with Crippen LogP contribution in [-0.4, -0.2) is 71.8 Å². The van der Waals surface area contributed by atoms with Gasteiger partial charge in [-0.1, -0.05) is 61.8 Å². The zero-order chi connectivity index (χ0) is 31.5. The van der Waals surface area contributed by atoms with Crippen molar-refractivity contribution in [2.75, 3.05) is 20.4 Å². The Kier molecular flexibility index (Phi) is 11.9. The van der Waals surface area contributed by atoms with E-state index < -0.39 is 55.0 Å². The van der Waals surface area contributed by atoms with Crippen LogP contribution in [-0.2, 0) is 30.3 Å². The number of halogens is 1. The largest absolute Gasteiger partial charge is 0.453 e. The second kappa shape index (κ2) is 15.5. The Bertz CT molecular complexity index is 1470. The summed E-state index contributed by atoms with van der Waals surface area (Å²) >= 11 is 6.08. The van der Waals surface area contributed by atoms with E-state index in [-0.39, 0.29) is 18.2 Å². The summed E-state index contributed by atoms with van der Waals surface area (Å²) in [6.45, 7) is 2.03. The summed E-state index contributed by atoms with van der Waals surface area (Å²) in [5.74, 6) is -3.55. The van der Waals surface area contributed by atoms with Crippen molar-refractivity contribution in [2.45, 2.75) is 32.5 Å². The molecule has 3 rings (SSSR count). The number of aromatic nitrogens is 1. The number of methoxy groups -OCH3 is 1. The molecule has 43 heavy (non-hydrogen) atoms. The molecule has 0 aliphatic carbocycles. The number of benzene rings is 2. The number of ether oxygens (including phenoxy) is 3. The van der Waals surface area contributed by atoms with Crippen molar-refractivity contribution in [3.05, 3.63) is 81.3 Å². The Hall–Kier alpha value is -4.66. The Morgan fingerprint density at radius 2 is 1.72 bits per heavy atom. The number of alkyl carbamates (subject to hydrolysis) is 1. The number of hydrogen-bond donors (Lipinski definition) is 4. The van der Waals surface area contributed by atoms with Crippen LogP contribution in [0.3, 0.4) is 0 Å². The minimum Gasteiger partial charge on any atom is -0.453 e. The van der Waals surface area contributed by atoms with E-state index >= 15 is 0 Å². The van der Waals surface area contributed by atoms with Crippen LogP contribution in [0.25, 0.3) is 11.1 Å². The predicted octanol–water partition coefficient (Wildman–Crippen LogP) is 2.22. The molecule has 0 saturated heterocycles. The summed E-state index contributed by atoms with van der Waals surface area (Å²) in [6.07, 6.45) is -2.64. The van der Waals surface area contributed by atoms with E-state index in [4.69, 9.17) is 25.6 Å². The molecular formula is C28H31ClN4O10. The smallest absolute Gasteiger partial charge is 0.407 e. The highest BCUT2D eigenvalue weighted by Gasteiger charge is 2.28. The van der Waals surface area contributed by atoms with E-state index in [0.717, 1.165) is 24.3 Å². The number of rotatable bonds is 13. The molecule has 230 valence electrons. The quantitative estimate of drug-likeness (QED) is 0.125. The third-order valence-electron chi connectivity index (χ3n) is 5.94. The minimum atomic E-state index is -1.79. The molecule has 0 aliphatic heterocycles. The van der Waals surface area contributed by atoms with Gasteiger partial charge in [0.05, 0.1) is 19.7 Å². The lowest BCUT2D eigenvalue weighted by Crippen LogP contribution is -2.48. The van der Waals surface area contributed by atoms with E-state index in [2.05, 4.69) is 15.5 Å². The average molecular weight is 619 g/mol. The van der Waals surface area contributed by atoms with Gasteiger partial charge >= 0.3 is 23.9 Å². The highest BCUT2D eigenvalue weighted by Crippen LogP contribution is 2.23. The summed E-state index contributed by atoms with van der Waals surface area (Å²) < 4.78 is 19.1.